The van der Waals surface area contributed by atoms with Crippen LogP contribution in [0.2, 0.25) is 0 Å². The Morgan fingerprint density at radius 2 is 1.90 bits per heavy atom. The van der Waals surface area contributed by atoms with E-state index >= 15 is 0 Å². The lowest BCUT2D eigenvalue weighted by atomic mass is 10.1. The molecule has 160 valence electrons. The molecule has 0 atom stereocenters. The molecule has 9 nitrogen and oxygen atoms in total. The van der Waals surface area contributed by atoms with Crippen molar-refractivity contribution in [1.82, 2.24) is 19.7 Å². The van der Waals surface area contributed by atoms with Gasteiger partial charge in [-0.2, -0.15) is 0 Å². The van der Waals surface area contributed by atoms with Crippen LogP contribution < -0.4 is 4.90 Å². The molecule has 31 heavy (non-hydrogen) atoms. The number of hydrogen-bond donors (Lipinski definition) is 0. The van der Waals surface area contributed by atoms with Crippen molar-refractivity contribution >= 4 is 29.0 Å². The van der Waals surface area contributed by atoms with Crippen LogP contribution in [-0.2, 0) is 7.05 Å². The molecule has 0 aliphatic carbocycles. The van der Waals surface area contributed by atoms with Crippen molar-refractivity contribution < 1.29 is 14.1 Å². The van der Waals surface area contributed by atoms with Gasteiger partial charge in [0.25, 0.3) is 11.6 Å². The molecule has 1 amide bonds. The zero-order valence-corrected chi connectivity index (χ0v) is 17.5. The summed E-state index contributed by atoms with van der Waals surface area (Å²) in [6.07, 6.45) is 1.53. The fourth-order valence-electron chi connectivity index (χ4n) is 3.37. The number of nitro groups is 1. The molecule has 0 spiro atoms. The Morgan fingerprint density at radius 3 is 2.55 bits per heavy atom. The number of benzene rings is 2. The fraction of sp³-hybridized carbons (Fsp3) is 0.250. The van der Waals surface area contributed by atoms with Crippen molar-refractivity contribution in [2.75, 3.05) is 31.1 Å². The van der Waals surface area contributed by atoms with Gasteiger partial charge in [-0.25, -0.2) is 4.39 Å². The lowest BCUT2D eigenvalue weighted by Crippen LogP contribution is -2.49. The Hall–Kier alpha value is -3.47. The maximum absolute atomic E-state index is 13.9. The first kappa shape index (κ1) is 20.8. The highest BCUT2D eigenvalue weighted by Gasteiger charge is 2.25. The predicted molar refractivity (Wildman–Crippen MR) is 113 cm³/mol. The van der Waals surface area contributed by atoms with Gasteiger partial charge in [-0.15, -0.1) is 10.2 Å². The average Bonchev–Trinajstić information content (AvgIpc) is 3.18. The molecule has 2 aromatic carbocycles. The third-order valence-electron chi connectivity index (χ3n) is 5.05. The van der Waals surface area contributed by atoms with E-state index in [2.05, 4.69) is 15.1 Å². The maximum atomic E-state index is 13.9. The number of hydrogen-bond acceptors (Lipinski definition) is 7. The van der Waals surface area contributed by atoms with Gasteiger partial charge in [-0.1, -0.05) is 12.1 Å². The van der Waals surface area contributed by atoms with Crippen molar-refractivity contribution in [2.24, 2.45) is 7.05 Å². The van der Waals surface area contributed by atoms with Gasteiger partial charge in [0, 0.05) is 45.0 Å². The summed E-state index contributed by atoms with van der Waals surface area (Å²) >= 11 is 1.17. The quantitative estimate of drug-likeness (QED) is 0.443. The predicted octanol–water partition coefficient (Wildman–Crippen LogP) is 2.98. The lowest BCUT2D eigenvalue weighted by Gasteiger charge is -2.36. The van der Waals surface area contributed by atoms with E-state index in [1.807, 2.05) is 0 Å². The van der Waals surface area contributed by atoms with Crippen LogP contribution >= 0.6 is 11.8 Å². The topological polar surface area (TPSA) is 97.4 Å². The summed E-state index contributed by atoms with van der Waals surface area (Å²) in [6, 6.07) is 10.9. The van der Waals surface area contributed by atoms with Gasteiger partial charge in [0.1, 0.15) is 12.1 Å². The highest BCUT2D eigenvalue weighted by atomic mass is 32.2. The van der Waals surface area contributed by atoms with Gasteiger partial charge in [0.05, 0.1) is 15.4 Å². The van der Waals surface area contributed by atoms with Crippen LogP contribution in [0.5, 0.6) is 0 Å². The molecule has 0 bridgehead atoms. The molecule has 0 radical (unpaired) electrons. The van der Waals surface area contributed by atoms with Crippen LogP contribution in [0.4, 0.5) is 15.8 Å². The van der Waals surface area contributed by atoms with Crippen molar-refractivity contribution in [3.63, 3.8) is 0 Å². The van der Waals surface area contributed by atoms with Crippen molar-refractivity contribution in [3.05, 3.63) is 70.3 Å². The lowest BCUT2D eigenvalue weighted by molar-refractivity contribution is -0.387. The number of piperazine rings is 1. The van der Waals surface area contributed by atoms with E-state index in [0.29, 0.717) is 36.2 Å². The molecular weight excluding hydrogens is 423 g/mol. The summed E-state index contributed by atoms with van der Waals surface area (Å²) in [7, 11) is 1.77. The standard InChI is InChI=1S/C20H19FN6O3S/c1-24-13-22-23-20(24)31-18-12-14(6-7-17(18)27(29)30)25-8-10-26(11-9-25)19(28)15-4-2-3-5-16(15)21/h2-7,12-13H,8-11H2,1H3. The minimum absolute atomic E-state index is 0.00915. The number of amides is 1. The summed E-state index contributed by atoms with van der Waals surface area (Å²) in [4.78, 5) is 27.8. The Bertz CT molecular complexity index is 1130. The summed E-state index contributed by atoms with van der Waals surface area (Å²) in [6.45, 7) is 1.92. The first-order valence-corrected chi connectivity index (χ1v) is 10.3. The normalized spacial score (nSPS) is 14.0. The molecule has 1 aliphatic heterocycles. The Kier molecular flexibility index (Phi) is 5.85. The highest BCUT2D eigenvalue weighted by Crippen LogP contribution is 2.36. The summed E-state index contributed by atoms with van der Waals surface area (Å²) in [5.41, 5.74) is 0.868. The number of anilines is 1. The monoisotopic (exact) mass is 442 g/mol. The molecule has 0 saturated carbocycles. The Morgan fingerprint density at radius 1 is 1.16 bits per heavy atom. The maximum Gasteiger partial charge on any atom is 0.283 e. The smallest absolute Gasteiger partial charge is 0.283 e. The third-order valence-corrected chi connectivity index (χ3v) is 6.15. The second-order valence-corrected chi connectivity index (χ2v) is 8.00. The van der Waals surface area contributed by atoms with Gasteiger partial charge in [-0.05, 0) is 36.0 Å². The molecule has 1 saturated heterocycles. The number of rotatable bonds is 5. The fourth-order valence-corrected chi connectivity index (χ4v) is 4.27. The number of nitrogens with zero attached hydrogens (tertiary/aromatic N) is 6. The molecule has 1 aromatic heterocycles. The molecule has 1 fully saturated rings. The minimum atomic E-state index is -0.532. The SMILES string of the molecule is Cn1cnnc1Sc1cc(N2CCN(C(=O)c3ccccc3F)CC2)ccc1[N+](=O)[O-]. The van der Waals surface area contributed by atoms with Gasteiger partial charge >= 0.3 is 0 Å². The molecule has 1 aliphatic rings. The zero-order chi connectivity index (χ0) is 22.0. The van der Waals surface area contributed by atoms with Crippen molar-refractivity contribution in [2.45, 2.75) is 10.1 Å². The van der Waals surface area contributed by atoms with Crippen LogP contribution in [0.3, 0.4) is 0 Å². The molecule has 4 rings (SSSR count). The number of carbonyl (C=O) groups is 1. The zero-order valence-electron chi connectivity index (χ0n) is 16.6. The Balaban J connectivity index is 1.50. The van der Waals surface area contributed by atoms with Crippen LogP contribution in [-0.4, -0.2) is 56.7 Å². The van der Waals surface area contributed by atoms with E-state index in [1.54, 1.807) is 40.8 Å². The molecule has 11 heteroatoms. The van der Waals surface area contributed by atoms with Crippen molar-refractivity contribution in [1.29, 1.82) is 0 Å². The first-order chi connectivity index (χ1) is 14.9. The number of aryl methyl sites for hydroxylation is 1. The van der Waals surface area contributed by atoms with Gasteiger partial charge in [0.15, 0.2) is 5.16 Å². The average molecular weight is 442 g/mol. The number of halogens is 1. The molecule has 0 unspecified atom stereocenters. The molecule has 2 heterocycles. The van der Waals surface area contributed by atoms with Gasteiger partial charge in [-0.3, -0.25) is 14.9 Å². The second-order valence-electron chi connectivity index (χ2n) is 6.99. The van der Waals surface area contributed by atoms with E-state index in [9.17, 15) is 19.3 Å². The second kappa shape index (κ2) is 8.72. The van der Waals surface area contributed by atoms with Gasteiger partial charge < -0.3 is 14.4 Å². The Labute approximate surface area is 181 Å². The van der Waals surface area contributed by atoms with Crippen molar-refractivity contribution in [3.8, 4) is 0 Å². The number of carbonyl (C=O) groups excluding carboxylic acids is 1. The minimum Gasteiger partial charge on any atom is -0.368 e. The number of nitro benzene ring substituents is 1. The van der Waals surface area contributed by atoms with Crippen LogP contribution in [0.1, 0.15) is 10.4 Å². The van der Waals surface area contributed by atoms with E-state index < -0.39 is 10.7 Å². The summed E-state index contributed by atoms with van der Waals surface area (Å²) in [5.74, 6) is -0.865. The third kappa shape index (κ3) is 4.36. The highest BCUT2D eigenvalue weighted by molar-refractivity contribution is 7.99. The van der Waals surface area contributed by atoms with Crippen LogP contribution in [0.25, 0.3) is 0 Å². The molecule has 0 N–H and O–H groups in total. The van der Waals surface area contributed by atoms with Gasteiger partial charge in [0.2, 0.25) is 0 Å². The summed E-state index contributed by atoms with van der Waals surface area (Å²) in [5, 5.41) is 19.8. The van der Waals surface area contributed by atoms with Crippen LogP contribution in [0.15, 0.2) is 58.8 Å². The first-order valence-electron chi connectivity index (χ1n) is 9.53. The van der Waals surface area contributed by atoms with E-state index in [0.717, 1.165) is 5.69 Å². The summed E-state index contributed by atoms with van der Waals surface area (Å²) < 4.78 is 15.6. The molecule has 3 aromatic rings. The van der Waals surface area contributed by atoms with E-state index in [4.69, 9.17) is 0 Å². The van der Waals surface area contributed by atoms with Crippen LogP contribution in [0, 0.1) is 15.9 Å². The van der Waals surface area contributed by atoms with E-state index in [-0.39, 0.29) is 17.2 Å². The molecular formula is C20H19FN6O3S. The largest absolute Gasteiger partial charge is 0.368 e. The van der Waals surface area contributed by atoms with E-state index in [1.165, 1.54) is 36.3 Å². The number of aromatic nitrogens is 3.